The van der Waals surface area contributed by atoms with Crippen molar-refractivity contribution < 1.29 is 0 Å². The third kappa shape index (κ3) is 3.22. The van der Waals surface area contributed by atoms with Crippen LogP contribution in [0.15, 0.2) is 0 Å². The summed E-state index contributed by atoms with van der Waals surface area (Å²) in [4.78, 5) is 11.5. The first-order chi connectivity index (χ1) is 9.13. The highest BCUT2D eigenvalue weighted by Gasteiger charge is 2.12. The van der Waals surface area contributed by atoms with E-state index in [1.54, 1.807) is 11.3 Å². The largest absolute Gasteiger partial charge is 0.368 e. The number of aryl methyl sites for hydroxylation is 3. The molecule has 0 unspecified atom stereocenters. The highest BCUT2D eigenvalue weighted by molar-refractivity contribution is 7.18. The van der Waals surface area contributed by atoms with Gasteiger partial charge < -0.3 is 10.6 Å². The van der Waals surface area contributed by atoms with Crippen molar-refractivity contribution in [2.75, 3.05) is 25.0 Å². The zero-order chi connectivity index (χ0) is 13.8. The molecule has 2 N–H and O–H groups in total. The lowest BCUT2D eigenvalue weighted by molar-refractivity contribution is 0.687. The molecule has 0 bridgehead atoms. The summed E-state index contributed by atoms with van der Waals surface area (Å²) in [5, 5.41) is 8.00. The topological polar surface area (TPSA) is 49.8 Å². The van der Waals surface area contributed by atoms with E-state index in [0.717, 1.165) is 36.1 Å². The van der Waals surface area contributed by atoms with Crippen molar-refractivity contribution in [3.8, 4) is 0 Å². The molecule has 0 amide bonds. The standard InChI is InChI=1S/C14H22N4S/c1-5-6-15-7-8-16-13-12-9(2)10(3)19-14(12)18-11(4)17-13/h15H,5-8H2,1-4H3,(H,16,17,18). The molecule has 2 heterocycles. The van der Waals surface area contributed by atoms with E-state index in [1.807, 2.05) is 6.92 Å². The third-order valence-corrected chi connectivity index (χ3v) is 4.26. The van der Waals surface area contributed by atoms with Crippen molar-refractivity contribution in [2.45, 2.75) is 34.1 Å². The summed E-state index contributed by atoms with van der Waals surface area (Å²) >= 11 is 1.75. The maximum absolute atomic E-state index is 4.55. The Labute approximate surface area is 118 Å². The number of rotatable bonds is 6. The molecule has 0 atom stereocenters. The summed E-state index contributed by atoms with van der Waals surface area (Å²) in [7, 11) is 0. The van der Waals surface area contributed by atoms with E-state index in [2.05, 4.69) is 41.4 Å². The Hall–Kier alpha value is -1.20. The van der Waals surface area contributed by atoms with E-state index < -0.39 is 0 Å². The fourth-order valence-electron chi connectivity index (χ4n) is 2.06. The Balaban J connectivity index is 2.17. The summed E-state index contributed by atoms with van der Waals surface area (Å²) in [5.41, 5.74) is 1.30. The molecule has 2 aromatic heterocycles. The smallest absolute Gasteiger partial charge is 0.138 e. The van der Waals surface area contributed by atoms with Gasteiger partial charge in [-0.2, -0.15) is 0 Å². The molecule has 0 saturated heterocycles. The van der Waals surface area contributed by atoms with Crippen LogP contribution in [-0.4, -0.2) is 29.6 Å². The maximum Gasteiger partial charge on any atom is 0.138 e. The highest BCUT2D eigenvalue weighted by Crippen LogP contribution is 2.32. The molecule has 2 aromatic rings. The van der Waals surface area contributed by atoms with E-state index in [0.29, 0.717) is 0 Å². The van der Waals surface area contributed by atoms with Crippen molar-refractivity contribution in [1.82, 2.24) is 15.3 Å². The van der Waals surface area contributed by atoms with Crippen molar-refractivity contribution in [3.63, 3.8) is 0 Å². The molecule has 0 saturated carbocycles. The molecular formula is C14H22N4S. The molecule has 4 nitrogen and oxygen atoms in total. The van der Waals surface area contributed by atoms with Gasteiger partial charge in [0.25, 0.3) is 0 Å². The summed E-state index contributed by atoms with van der Waals surface area (Å²) in [6.07, 6.45) is 1.17. The molecule has 0 aliphatic heterocycles. The van der Waals surface area contributed by atoms with Crippen LogP contribution < -0.4 is 10.6 Å². The molecule has 5 heteroatoms. The van der Waals surface area contributed by atoms with Gasteiger partial charge in [0.2, 0.25) is 0 Å². The van der Waals surface area contributed by atoms with E-state index in [4.69, 9.17) is 0 Å². The lowest BCUT2D eigenvalue weighted by Gasteiger charge is -2.09. The first-order valence-electron chi connectivity index (χ1n) is 6.82. The zero-order valence-electron chi connectivity index (χ0n) is 12.1. The molecule has 0 aliphatic carbocycles. The van der Waals surface area contributed by atoms with Gasteiger partial charge in [0, 0.05) is 18.0 Å². The average Bonchev–Trinajstić information content (AvgIpc) is 2.64. The monoisotopic (exact) mass is 278 g/mol. The number of aromatic nitrogens is 2. The summed E-state index contributed by atoms with van der Waals surface area (Å²) in [6.45, 7) is 11.3. The molecule has 19 heavy (non-hydrogen) atoms. The Morgan fingerprint density at radius 2 is 1.84 bits per heavy atom. The number of nitrogens with zero attached hydrogens (tertiary/aromatic N) is 2. The van der Waals surface area contributed by atoms with Crippen LogP contribution in [0.1, 0.15) is 29.6 Å². The van der Waals surface area contributed by atoms with Gasteiger partial charge in [-0.25, -0.2) is 9.97 Å². The van der Waals surface area contributed by atoms with E-state index in [9.17, 15) is 0 Å². The first-order valence-corrected chi connectivity index (χ1v) is 7.64. The van der Waals surface area contributed by atoms with Crippen LogP contribution in [0.5, 0.6) is 0 Å². The van der Waals surface area contributed by atoms with Gasteiger partial charge in [0.1, 0.15) is 16.5 Å². The minimum absolute atomic E-state index is 0.831. The number of hydrogen-bond acceptors (Lipinski definition) is 5. The number of anilines is 1. The molecule has 0 aromatic carbocycles. The van der Waals surface area contributed by atoms with Crippen molar-refractivity contribution in [1.29, 1.82) is 0 Å². The predicted molar refractivity (Wildman–Crippen MR) is 83.3 cm³/mol. The van der Waals surface area contributed by atoms with Gasteiger partial charge in [-0.05, 0) is 39.3 Å². The van der Waals surface area contributed by atoms with Crippen molar-refractivity contribution in [2.24, 2.45) is 0 Å². The van der Waals surface area contributed by atoms with E-state index in [-0.39, 0.29) is 0 Å². The maximum atomic E-state index is 4.55. The summed E-state index contributed by atoms with van der Waals surface area (Å²) < 4.78 is 0. The Bertz CT molecular complexity index is 562. The molecule has 2 rings (SSSR count). The number of thiophene rings is 1. The van der Waals surface area contributed by atoms with Crippen molar-refractivity contribution in [3.05, 3.63) is 16.3 Å². The van der Waals surface area contributed by atoms with Gasteiger partial charge in [0.15, 0.2) is 0 Å². The first kappa shape index (κ1) is 14.2. The summed E-state index contributed by atoms with van der Waals surface area (Å²) in [6, 6.07) is 0. The van der Waals surface area contributed by atoms with Gasteiger partial charge in [-0.3, -0.25) is 0 Å². The second-order valence-corrected chi connectivity index (χ2v) is 5.96. The Morgan fingerprint density at radius 3 is 2.58 bits per heavy atom. The van der Waals surface area contributed by atoms with E-state index in [1.165, 1.54) is 22.2 Å². The fourth-order valence-corrected chi connectivity index (χ4v) is 3.13. The van der Waals surface area contributed by atoms with E-state index >= 15 is 0 Å². The van der Waals surface area contributed by atoms with Gasteiger partial charge >= 0.3 is 0 Å². The molecule has 0 radical (unpaired) electrons. The molecule has 0 aliphatic rings. The SMILES string of the molecule is CCCNCCNc1nc(C)nc2sc(C)c(C)c12. The number of hydrogen-bond donors (Lipinski definition) is 2. The average molecular weight is 278 g/mol. The second kappa shape index (κ2) is 6.30. The highest BCUT2D eigenvalue weighted by atomic mass is 32.1. The molecule has 104 valence electrons. The normalized spacial score (nSPS) is 11.2. The molecule has 0 spiro atoms. The van der Waals surface area contributed by atoms with Gasteiger partial charge in [-0.1, -0.05) is 6.92 Å². The Kier molecular flexibility index (Phi) is 4.71. The van der Waals surface area contributed by atoms with Crippen LogP contribution in [0.25, 0.3) is 10.2 Å². The van der Waals surface area contributed by atoms with Crippen LogP contribution in [0.2, 0.25) is 0 Å². The quantitative estimate of drug-likeness (QED) is 0.798. The molecule has 0 fully saturated rings. The van der Waals surface area contributed by atoms with Crippen LogP contribution in [0.3, 0.4) is 0 Å². The molecular weight excluding hydrogens is 256 g/mol. The van der Waals surface area contributed by atoms with Gasteiger partial charge in [0.05, 0.1) is 5.39 Å². The Morgan fingerprint density at radius 1 is 1.05 bits per heavy atom. The lowest BCUT2D eigenvalue weighted by atomic mass is 10.2. The second-order valence-electron chi connectivity index (χ2n) is 4.76. The predicted octanol–water partition coefficient (Wildman–Crippen LogP) is 3.03. The fraction of sp³-hybridized carbons (Fsp3) is 0.571. The summed E-state index contributed by atoms with van der Waals surface area (Å²) in [5.74, 6) is 1.81. The van der Waals surface area contributed by atoms with Crippen LogP contribution in [0, 0.1) is 20.8 Å². The van der Waals surface area contributed by atoms with Crippen molar-refractivity contribution >= 4 is 27.4 Å². The number of nitrogens with one attached hydrogen (secondary N) is 2. The zero-order valence-corrected chi connectivity index (χ0v) is 12.9. The van der Waals surface area contributed by atoms with Crippen LogP contribution >= 0.6 is 11.3 Å². The van der Waals surface area contributed by atoms with Crippen LogP contribution in [-0.2, 0) is 0 Å². The minimum Gasteiger partial charge on any atom is -0.368 e. The third-order valence-electron chi connectivity index (χ3n) is 3.16. The minimum atomic E-state index is 0.831. The van der Waals surface area contributed by atoms with Gasteiger partial charge in [-0.15, -0.1) is 11.3 Å². The number of fused-ring (bicyclic) bond motifs is 1. The van der Waals surface area contributed by atoms with Crippen LogP contribution in [0.4, 0.5) is 5.82 Å². The lowest BCUT2D eigenvalue weighted by Crippen LogP contribution is -2.23.